The van der Waals surface area contributed by atoms with Crippen molar-refractivity contribution in [2.24, 2.45) is 7.05 Å². The highest BCUT2D eigenvalue weighted by atomic mass is 19.1. The van der Waals surface area contributed by atoms with Crippen LogP contribution < -0.4 is 0 Å². The van der Waals surface area contributed by atoms with Crippen molar-refractivity contribution in [2.45, 2.75) is 6.92 Å². The quantitative estimate of drug-likeness (QED) is 0.772. The predicted octanol–water partition coefficient (Wildman–Crippen LogP) is 3.99. The summed E-state index contributed by atoms with van der Waals surface area (Å²) in [5, 5.41) is 9.88. The summed E-state index contributed by atoms with van der Waals surface area (Å²) >= 11 is 0. The topological polar surface area (TPSA) is 42.2 Å². The Kier molecular flexibility index (Phi) is 3.01. The molecule has 0 atom stereocenters. The van der Waals surface area contributed by atoms with Crippen molar-refractivity contribution in [3.05, 3.63) is 59.5 Å². The molecule has 4 heteroatoms. The van der Waals surface area contributed by atoms with Crippen LogP contribution in [0.2, 0.25) is 0 Å². The normalized spacial score (nSPS) is 11.0. The van der Waals surface area contributed by atoms with Gasteiger partial charge in [-0.15, -0.1) is 0 Å². The van der Waals surface area contributed by atoms with Gasteiger partial charge in [0.1, 0.15) is 5.82 Å². The Morgan fingerprint density at radius 2 is 2.00 bits per heavy atom. The average Bonchev–Trinajstić information content (AvgIpc) is 2.79. The van der Waals surface area contributed by atoms with Crippen molar-refractivity contribution < 1.29 is 14.3 Å². The van der Waals surface area contributed by atoms with Gasteiger partial charge in [0.15, 0.2) is 0 Å². The van der Waals surface area contributed by atoms with Crippen LogP contribution in [0.1, 0.15) is 15.9 Å². The van der Waals surface area contributed by atoms with Gasteiger partial charge in [-0.3, -0.25) is 0 Å². The van der Waals surface area contributed by atoms with Crippen LogP contribution in [0.15, 0.2) is 42.6 Å². The highest BCUT2D eigenvalue weighted by molar-refractivity contribution is 6.04. The van der Waals surface area contributed by atoms with Gasteiger partial charge in [0.05, 0.1) is 5.56 Å². The van der Waals surface area contributed by atoms with Crippen LogP contribution in [0.5, 0.6) is 0 Å². The van der Waals surface area contributed by atoms with Crippen molar-refractivity contribution in [2.75, 3.05) is 0 Å². The number of carboxylic acid groups (broad SMARTS) is 1. The van der Waals surface area contributed by atoms with E-state index in [0.717, 1.165) is 5.52 Å². The van der Waals surface area contributed by atoms with Gasteiger partial charge in [-0.1, -0.05) is 24.3 Å². The zero-order chi connectivity index (χ0) is 15.1. The first-order valence-electron chi connectivity index (χ1n) is 6.57. The van der Waals surface area contributed by atoms with Crippen LogP contribution in [0, 0.1) is 12.7 Å². The standard InChI is InChI=1S/C17H14FNO2/c1-10-4-3-5-12(16(10)18)11-6-7-15-13(8-11)14(17(20)21)9-19(15)2/h3-9H,1-2H3,(H,20,21). The van der Waals surface area contributed by atoms with Crippen LogP contribution in [0.25, 0.3) is 22.0 Å². The van der Waals surface area contributed by atoms with E-state index >= 15 is 0 Å². The van der Waals surface area contributed by atoms with Crippen LogP contribution >= 0.6 is 0 Å². The molecule has 1 aromatic heterocycles. The summed E-state index contributed by atoms with van der Waals surface area (Å²) in [6.45, 7) is 1.71. The number of halogens is 1. The second-order valence-electron chi connectivity index (χ2n) is 5.13. The summed E-state index contributed by atoms with van der Waals surface area (Å²) in [5.74, 6) is -1.26. The van der Waals surface area contributed by atoms with Gasteiger partial charge < -0.3 is 9.67 Å². The molecule has 0 saturated heterocycles. The highest BCUT2D eigenvalue weighted by Gasteiger charge is 2.15. The Morgan fingerprint density at radius 1 is 1.24 bits per heavy atom. The molecule has 106 valence electrons. The second-order valence-corrected chi connectivity index (χ2v) is 5.13. The lowest BCUT2D eigenvalue weighted by molar-refractivity contribution is 0.0699. The molecular formula is C17H14FNO2. The largest absolute Gasteiger partial charge is 0.478 e. The number of aromatic carboxylic acids is 1. The van der Waals surface area contributed by atoms with E-state index in [1.54, 1.807) is 49.0 Å². The summed E-state index contributed by atoms with van der Waals surface area (Å²) in [6.07, 6.45) is 1.57. The first-order valence-corrected chi connectivity index (χ1v) is 6.57. The third kappa shape index (κ3) is 2.09. The molecular weight excluding hydrogens is 269 g/mol. The fraction of sp³-hybridized carbons (Fsp3) is 0.118. The number of aryl methyl sites for hydroxylation is 2. The Balaban J connectivity index is 2.28. The summed E-state index contributed by atoms with van der Waals surface area (Å²) in [7, 11) is 1.79. The summed E-state index contributed by atoms with van der Waals surface area (Å²) in [6, 6.07) is 10.6. The SMILES string of the molecule is Cc1cccc(-c2ccc3c(c2)c(C(=O)O)cn3C)c1F. The van der Waals surface area contributed by atoms with Gasteiger partial charge in [-0.2, -0.15) is 0 Å². The molecule has 0 bridgehead atoms. The van der Waals surface area contributed by atoms with Crippen LogP contribution in [0.4, 0.5) is 4.39 Å². The third-order valence-corrected chi connectivity index (χ3v) is 3.72. The maximum atomic E-state index is 14.2. The number of carbonyl (C=O) groups is 1. The molecule has 0 amide bonds. The molecule has 0 aliphatic rings. The number of aromatic nitrogens is 1. The van der Waals surface area contributed by atoms with Crippen molar-refractivity contribution in [3.8, 4) is 11.1 Å². The van der Waals surface area contributed by atoms with Gasteiger partial charge in [0, 0.05) is 29.7 Å². The number of benzene rings is 2. The third-order valence-electron chi connectivity index (χ3n) is 3.72. The van der Waals surface area contributed by atoms with E-state index in [1.807, 2.05) is 12.1 Å². The molecule has 0 aliphatic carbocycles. The lowest BCUT2D eigenvalue weighted by atomic mass is 10.0. The van der Waals surface area contributed by atoms with E-state index in [2.05, 4.69) is 0 Å². The van der Waals surface area contributed by atoms with Crippen molar-refractivity contribution >= 4 is 16.9 Å². The van der Waals surface area contributed by atoms with E-state index in [4.69, 9.17) is 0 Å². The van der Waals surface area contributed by atoms with E-state index in [-0.39, 0.29) is 11.4 Å². The minimum atomic E-state index is -0.984. The molecule has 0 saturated carbocycles. The Hall–Kier alpha value is -2.62. The van der Waals surface area contributed by atoms with Gasteiger partial charge in [0.2, 0.25) is 0 Å². The molecule has 3 aromatic rings. The van der Waals surface area contributed by atoms with E-state index in [0.29, 0.717) is 22.1 Å². The zero-order valence-corrected chi connectivity index (χ0v) is 11.7. The van der Waals surface area contributed by atoms with Gasteiger partial charge in [0.25, 0.3) is 0 Å². The molecule has 1 N–H and O–H groups in total. The Morgan fingerprint density at radius 3 is 2.71 bits per heavy atom. The molecule has 21 heavy (non-hydrogen) atoms. The molecule has 0 aliphatic heterocycles. The lowest BCUT2D eigenvalue weighted by Gasteiger charge is -2.07. The Labute approximate surface area is 121 Å². The number of hydrogen-bond donors (Lipinski definition) is 1. The minimum absolute atomic E-state index is 0.224. The molecule has 0 radical (unpaired) electrons. The minimum Gasteiger partial charge on any atom is -0.478 e. The predicted molar refractivity (Wildman–Crippen MR) is 80.0 cm³/mol. The number of carboxylic acids is 1. The monoisotopic (exact) mass is 283 g/mol. The molecule has 0 fully saturated rings. The molecule has 3 nitrogen and oxygen atoms in total. The van der Waals surface area contributed by atoms with E-state index in [1.165, 1.54) is 0 Å². The van der Waals surface area contributed by atoms with Gasteiger partial charge >= 0.3 is 5.97 Å². The first-order chi connectivity index (χ1) is 9.99. The van der Waals surface area contributed by atoms with E-state index in [9.17, 15) is 14.3 Å². The fourth-order valence-electron chi connectivity index (χ4n) is 2.60. The van der Waals surface area contributed by atoms with Crippen molar-refractivity contribution in [1.29, 1.82) is 0 Å². The summed E-state index contributed by atoms with van der Waals surface area (Å²) < 4.78 is 16.0. The first kappa shape index (κ1) is 13.4. The zero-order valence-electron chi connectivity index (χ0n) is 11.7. The number of hydrogen-bond acceptors (Lipinski definition) is 1. The maximum absolute atomic E-state index is 14.2. The molecule has 3 rings (SSSR count). The average molecular weight is 283 g/mol. The Bertz CT molecular complexity index is 865. The van der Waals surface area contributed by atoms with Gasteiger partial charge in [-0.25, -0.2) is 9.18 Å². The van der Waals surface area contributed by atoms with E-state index < -0.39 is 5.97 Å². The van der Waals surface area contributed by atoms with Crippen molar-refractivity contribution in [1.82, 2.24) is 4.57 Å². The molecule has 1 heterocycles. The second kappa shape index (κ2) is 4.74. The maximum Gasteiger partial charge on any atom is 0.337 e. The van der Waals surface area contributed by atoms with Crippen molar-refractivity contribution in [3.63, 3.8) is 0 Å². The molecule has 0 spiro atoms. The molecule has 2 aromatic carbocycles. The lowest BCUT2D eigenvalue weighted by Crippen LogP contribution is -1.94. The van der Waals surface area contributed by atoms with Crippen LogP contribution in [-0.4, -0.2) is 15.6 Å². The fourth-order valence-corrected chi connectivity index (χ4v) is 2.60. The van der Waals surface area contributed by atoms with Crippen LogP contribution in [0.3, 0.4) is 0 Å². The van der Waals surface area contributed by atoms with Gasteiger partial charge in [-0.05, 0) is 30.2 Å². The molecule has 0 unspecified atom stereocenters. The number of fused-ring (bicyclic) bond motifs is 1. The highest BCUT2D eigenvalue weighted by Crippen LogP contribution is 2.30. The number of rotatable bonds is 2. The van der Waals surface area contributed by atoms with Crippen LogP contribution in [-0.2, 0) is 7.05 Å². The summed E-state index contributed by atoms with van der Waals surface area (Å²) in [5.41, 5.74) is 2.76. The smallest absolute Gasteiger partial charge is 0.337 e. The number of nitrogens with zero attached hydrogens (tertiary/aromatic N) is 1. The summed E-state index contributed by atoms with van der Waals surface area (Å²) in [4.78, 5) is 11.3.